The zero-order valence-electron chi connectivity index (χ0n) is 8.45. The fraction of sp³-hybridized carbons (Fsp3) is 0. The summed E-state index contributed by atoms with van der Waals surface area (Å²) in [6.07, 6.45) is 2.65. The summed E-state index contributed by atoms with van der Waals surface area (Å²) in [4.78, 5) is 14.5. The summed E-state index contributed by atoms with van der Waals surface area (Å²) >= 11 is 1.23. The highest BCUT2D eigenvalue weighted by Crippen LogP contribution is 2.29. The highest BCUT2D eigenvalue weighted by molar-refractivity contribution is 7.16. The average Bonchev–Trinajstić information content (AvgIpc) is 2.77. The first-order valence-corrected chi connectivity index (χ1v) is 5.37. The van der Waals surface area contributed by atoms with Gasteiger partial charge in [0.1, 0.15) is 22.8 Å². The summed E-state index contributed by atoms with van der Waals surface area (Å²) in [6, 6.07) is 6.88. The first-order valence-electron chi connectivity index (χ1n) is 4.56. The van der Waals surface area contributed by atoms with E-state index in [1.807, 2.05) is 6.07 Å². The van der Waals surface area contributed by atoms with Crippen LogP contribution in [-0.4, -0.2) is 9.91 Å². The van der Waals surface area contributed by atoms with E-state index in [4.69, 9.17) is 5.26 Å². The van der Waals surface area contributed by atoms with E-state index < -0.39 is 4.92 Å². The molecule has 0 amide bonds. The summed E-state index contributed by atoms with van der Waals surface area (Å²) < 4.78 is 0. The van der Waals surface area contributed by atoms with Gasteiger partial charge in [-0.2, -0.15) is 5.26 Å². The molecule has 6 nitrogen and oxygen atoms in total. The van der Waals surface area contributed by atoms with Crippen molar-refractivity contribution in [1.29, 1.82) is 5.26 Å². The lowest BCUT2D eigenvalue weighted by Gasteiger charge is -2.02. The molecular weight excluding hydrogens is 240 g/mol. The minimum atomic E-state index is -0.506. The summed E-state index contributed by atoms with van der Waals surface area (Å²) in [5.41, 5.74) is 0.260. The number of rotatable bonds is 3. The van der Waals surface area contributed by atoms with Gasteiger partial charge in [-0.05, 0) is 18.2 Å². The van der Waals surface area contributed by atoms with Gasteiger partial charge >= 0.3 is 5.69 Å². The van der Waals surface area contributed by atoms with E-state index in [2.05, 4.69) is 10.3 Å². The van der Waals surface area contributed by atoms with Crippen LogP contribution in [0.15, 0.2) is 30.6 Å². The number of aromatic nitrogens is 1. The third kappa shape index (κ3) is 2.38. The quantitative estimate of drug-likeness (QED) is 0.663. The molecule has 2 aromatic rings. The van der Waals surface area contributed by atoms with Gasteiger partial charge in [0.2, 0.25) is 0 Å². The minimum Gasteiger partial charge on any atom is -0.342 e. The third-order valence-corrected chi connectivity index (χ3v) is 2.88. The molecule has 2 aromatic heterocycles. The smallest absolute Gasteiger partial charge is 0.310 e. The Morgan fingerprint density at radius 3 is 2.94 bits per heavy atom. The highest BCUT2D eigenvalue weighted by Gasteiger charge is 2.13. The highest BCUT2D eigenvalue weighted by atomic mass is 32.1. The molecular formula is C10H6N4O2S. The molecule has 0 radical (unpaired) electrons. The SMILES string of the molecule is N#Cc1ccc(Nc2ccncc2[N+](=O)[O-])s1. The van der Waals surface area contributed by atoms with Crippen molar-refractivity contribution in [3.8, 4) is 6.07 Å². The van der Waals surface area contributed by atoms with Gasteiger partial charge in [0, 0.05) is 6.20 Å². The van der Waals surface area contributed by atoms with Crippen LogP contribution in [0.3, 0.4) is 0 Å². The largest absolute Gasteiger partial charge is 0.342 e. The molecule has 0 atom stereocenters. The second-order valence-electron chi connectivity index (χ2n) is 3.05. The van der Waals surface area contributed by atoms with Gasteiger partial charge in [0.05, 0.1) is 9.92 Å². The van der Waals surface area contributed by atoms with Gasteiger partial charge in [-0.25, -0.2) is 0 Å². The first kappa shape index (κ1) is 11.0. The van der Waals surface area contributed by atoms with Crippen molar-refractivity contribution in [2.45, 2.75) is 0 Å². The van der Waals surface area contributed by atoms with Crippen LogP contribution in [0.2, 0.25) is 0 Å². The fourth-order valence-electron chi connectivity index (χ4n) is 1.24. The maximum absolute atomic E-state index is 10.7. The van der Waals surface area contributed by atoms with Gasteiger partial charge in [-0.1, -0.05) is 0 Å². The molecule has 0 aromatic carbocycles. The Morgan fingerprint density at radius 2 is 2.29 bits per heavy atom. The standard InChI is InChI=1S/C10H6N4O2S/c11-5-7-1-2-10(17-7)13-8-3-4-12-6-9(8)14(15)16/h1-4,6H,(H,12,13). The lowest BCUT2D eigenvalue weighted by Crippen LogP contribution is -1.96. The summed E-state index contributed by atoms with van der Waals surface area (Å²) in [7, 11) is 0. The van der Waals surface area contributed by atoms with Gasteiger partial charge < -0.3 is 5.32 Å². The molecule has 0 spiro atoms. The topological polar surface area (TPSA) is 91.8 Å². The van der Waals surface area contributed by atoms with Crippen molar-refractivity contribution in [2.75, 3.05) is 5.32 Å². The molecule has 1 N–H and O–H groups in total. The normalized spacial score (nSPS) is 9.59. The Bertz CT molecular complexity index is 602. The number of pyridine rings is 1. The third-order valence-electron chi connectivity index (χ3n) is 1.97. The van der Waals surface area contributed by atoms with Crippen LogP contribution in [0.1, 0.15) is 4.88 Å². The van der Waals surface area contributed by atoms with E-state index in [1.54, 1.807) is 12.1 Å². The monoisotopic (exact) mass is 246 g/mol. The maximum Gasteiger partial charge on any atom is 0.310 e. The number of nitro groups is 1. The minimum absolute atomic E-state index is 0.0978. The molecule has 17 heavy (non-hydrogen) atoms. The summed E-state index contributed by atoms with van der Waals surface area (Å²) in [5, 5.41) is 23.0. The number of hydrogen-bond donors (Lipinski definition) is 1. The van der Waals surface area contributed by atoms with E-state index >= 15 is 0 Å². The molecule has 0 saturated carbocycles. The fourth-order valence-corrected chi connectivity index (χ4v) is 1.95. The summed E-state index contributed by atoms with van der Waals surface area (Å²) in [6.45, 7) is 0. The molecule has 0 fully saturated rings. The van der Waals surface area contributed by atoms with Crippen LogP contribution in [0.5, 0.6) is 0 Å². The van der Waals surface area contributed by atoms with Crippen LogP contribution in [0.4, 0.5) is 16.4 Å². The zero-order chi connectivity index (χ0) is 12.3. The second kappa shape index (κ2) is 4.59. The number of nitriles is 1. The molecule has 0 saturated heterocycles. The Morgan fingerprint density at radius 1 is 1.47 bits per heavy atom. The number of nitrogens with zero attached hydrogens (tertiary/aromatic N) is 3. The molecule has 0 bridgehead atoms. The van der Waals surface area contributed by atoms with Crippen LogP contribution in [-0.2, 0) is 0 Å². The van der Waals surface area contributed by atoms with Gasteiger partial charge in [0.25, 0.3) is 0 Å². The lowest BCUT2D eigenvalue weighted by molar-refractivity contribution is -0.384. The molecule has 0 aliphatic carbocycles. The molecule has 7 heteroatoms. The van der Waals surface area contributed by atoms with Crippen LogP contribution in [0, 0.1) is 21.4 Å². The molecule has 2 rings (SSSR count). The predicted molar refractivity (Wildman–Crippen MR) is 63.2 cm³/mol. The van der Waals surface area contributed by atoms with E-state index in [9.17, 15) is 10.1 Å². The van der Waals surface area contributed by atoms with Crippen molar-refractivity contribution >= 4 is 27.7 Å². The number of thiophene rings is 1. The van der Waals surface area contributed by atoms with Crippen molar-refractivity contribution in [2.24, 2.45) is 0 Å². The van der Waals surface area contributed by atoms with Crippen LogP contribution in [0.25, 0.3) is 0 Å². The van der Waals surface area contributed by atoms with Crippen molar-refractivity contribution in [3.05, 3.63) is 45.6 Å². The van der Waals surface area contributed by atoms with E-state index in [1.165, 1.54) is 29.8 Å². The molecule has 0 unspecified atom stereocenters. The van der Waals surface area contributed by atoms with Crippen LogP contribution < -0.4 is 5.32 Å². The van der Waals surface area contributed by atoms with Crippen molar-refractivity contribution in [3.63, 3.8) is 0 Å². The maximum atomic E-state index is 10.7. The Balaban J connectivity index is 2.30. The van der Waals surface area contributed by atoms with Gasteiger partial charge in [0.15, 0.2) is 0 Å². The van der Waals surface area contributed by atoms with E-state index in [-0.39, 0.29) is 5.69 Å². The number of hydrogen-bond acceptors (Lipinski definition) is 6. The Kier molecular flexibility index (Phi) is 2.98. The van der Waals surface area contributed by atoms with Gasteiger partial charge in [-0.15, -0.1) is 11.3 Å². The van der Waals surface area contributed by atoms with E-state index in [0.717, 1.165) is 0 Å². The molecule has 2 heterocycles. The molecule has 0 aliphatic rings. The van der Waals surface area contributed by atoms with Crippen molar-refractivity contribution < 1.29 is 4.92 Å². The molecule has 0 aliphatic heterocycles. The average molecular weight is 246 g/mol. The number of anilines is 2. The summed E-state index contributed by atoms with van der Waals surface area (Å²) in [5.74, 6) is 0. The van der Waals surface area contributed by atoms with E-state index in [0.29, 0.717) is 15.6 Å². The number of nitrogens with one attached hydrogen (secondary N) is 1. The zero-order valence-corrected chi connectivity index (χ0v) is 9.27. The molecule has 84 valence electrons. The van der Waals surface area contributed by atoms with Crippen molar-refractivity contribution in [1.82, 2.24) is 4.98 Å². The first-order chi connectivity index (χ1) is 8.20. The van der Waals surface area contributed by atoms with Gasteiger partial charge in [-0.3, -0.25) is 15.1 Å². The predicted octanol–water partition coefficient (Wildman–Crippen LogP) is 2.67. The Labute approximate surface area is 100 Å². The lowest BCUT2D eigenvalue weighted by atomic mass is 10.3. The van der Waals surface area contributed by atoms with Crippen LogP contribution >= 0.6 is 11.3 Å². The second-order valence-corrected chi connectivity index (χ2v) is 4.13. The Hall–Kier alpha value is -2.46.